The Morgan fingerprint density at radius 3 is 2.94 bits per heavy atom. The highest BCUT2D eigenvalue weighted by Gasteiger charge is 2.42. The van der Waals surface area contributed by atoms with Gasteiger partial charge in [-0.3, -0.25) is 4.79 Å². The lowest BCUT2D eigenvalue weighted by atomic mass is 10.1. The number of nitrogen functional groups attached to an aromatic ring is 1. The van der Waals surface area contributed by atoms with Crippen molar-refractivity contribution in [3.63, 3.8) is 0 Å². The number of benzene rings is 1. The fraction of sp³-hybridized carbons (Fsp3) is 0.417. The Morgan fingerprint density at radius 2 is 2.38 bits per heavy atom. The van der Waals surface area contributed by atoms with Gasteiger partial charge in [0.15, 0.2) is 0 Å². The maximum Gasteiger partial charge on any atom is 0.306 e. The van der Waals surface area contributed by atoms with Gasteiger partial charge in [-0.25, -0.2) is 0 Å². The largest absolute Gasteiger partial charge is 0.481 e. The number of thioether (sulfide) groups is 1. The molecule has 2 unspecified atom stereocenters. The monoisotopic (exact) mass is 237 g/mol. The van der Waals surface area contributed by atoms with Gasteiger partial charge >= 0.3 is 5.97 Å². The first-order valence-corrected chi connectivity index (χ1v) is 6.49. The lowest BCUT2D eigenvalue weighted by molar-refractivity contribution is -0.138. The van der Waals surface area contributed by atoms with Crippen LogP contribution in [0.3, 0.4) is 0 Å². The molecule has 0 amide bonds. The number of nitrogens with two attached hydrogens (primary N) is 1. The fourth-order valence-electron chi connectivity index (χ4n) is 1.96. The Labute approximate surface area is 99.0 Å². The number of aliphatic carboxylic acids is 1. The quantitative estimate of drug-likeness (QED) is 0.623. The second kappa shape index (κ2) is 4.37. The molecule has 0 aliphatic heterocycles. The maximum atomic E-state index is 10.7. The van der Waals surface area contributed by atoms with E-state index in [1.807, 2.05) is 18.4 Å². The molecule has 0 radical (unpaired) electrons. The van der Waals surface area contributed by atoms with E-state index in [0.29, 0.717) is 5.92 Å². The van der Waals surface area contributed by atoms with Gasteiger partial charge in [0.25, 0.3) is 0 Å². The van der Waals surface area contributed by atoms with E-state index in [4.69, 9.17) is 10.8 Å². The first kappa shape index (κ1) is 11.3. The lowest BCUT2D eigenvalue weighted by Crippen LogP contribution is -2.01. The molecule has 0 saturated heterocycles. The van der Waals surface area contributed by atoms with Gasteiger partial charge in [0.2, 0.25) is 0 Å². The number of carboxylic acids is 1. The first-order valence-electron chi connectivity index (χ1n) is 5.27. The van der Waals surface area contributed by atoms with Crippen LogP contribution in [0.1, 0.15) is 12.0 Å². The molecular formula is C12H15NO2S. The summed E-state index contributed by atoms with van der Waals surface area (Å²) in [4.78, 5) is 11.8. The molecule has 1 aromatic carbocycles. The van der Waals surface area contributed by atoms with Crippen LogP contribution in [0.5, 0.6) is 0 Å². The molecule has 4 heteroatoms. The Hall–Kier alpha value is -1.16. The molecule has 1 aliphatic carbocycles. The topological polar surface area (TPSA) is 63.3 Å². The standard InChI is InChI=1S/C12H15NO2S/c1-16-11-5-7(2-3-10(11)13)4-8-6-9(8)12(14)15/h2-3,5,8-9H,4,6,13H2,1H3,(H,14,15). The van der Waals surface area contributed by atoms with E-state index in [-0.39, 0.29) is 5.92 Å². The van der Waals surface area contributed by atoms with Crippen LogP contribution >= 0.6 is 11.8 Å². The van der Waals surface area contributed by atoms with E-state index in [1.54, 1.807) is 11.8 Å². The van der Waals surface area contributed by atoms with Gasteiger partial charge in [-0.15, -0.1) is 11.8 Å². The highest BCUT2D eigenvalue weighted by molar-refractivity contribution is 7.98. The summed E-state index contributed by atoms with van der Waals surface area (Å²) in [6.07, 6.45) is 3.66. The van der Waals surface area contributed by atoms with E-state index in [0.717, 1.165) is 23.4 Å². The van der Waals surface area contributed by atoms with Crippen LogP contribution in [0.25, 0.3) is 0 Å². The molecular weight excluding hydrogens is 222 g/mol. The van der Waals surface area contributed by atoms with E-state index in [2.05, 4.69) is 6.07 Å². The predicted octanol–water partition coefficient (Wildman–Crippen LogP) is 2.25. The van der Waals surface area contributed by atoms with Crippen molar-refractivity contribution in [1.29, 1.82) is 0 Å². The SMILES string of the molecule is CSc1cc(CC2CC2C(=O)O)ccc1N. The average molecular weight is 237 g/mol. The van der Waals surface area contributed by atoms with E-state index in [9.17, 15) is 4.79 Å². The first-order chi connectivity index (χ1) is 7.61. The summed E-state index contributed by atoms with van der Waals surface area (Å²) >= 11 is 1.62. The Balaban J connectivity index is 2.03. The number of carboxylic acid groups (broad SMARTS) is 1. The van der Waals surface area contributed by atoms with Crippen LogP contribution in [-0.4, -0.2) is 17.3 Å². The minimum absolute atomic E-state index is 0.129. The van der Waals surface area contributed by atoms with Gasteiger partial charge in [0, 0.05) is 10.6 Å². The smallest absolute Gasteiger partial charge is 0.306 e. The highest BCUT2D eigenvalue weighted by atomic mass is 32.2. The molecule has 0 aromatic heterocycles. The molecule has 1 aromatic rings. The summed E-state index contributed by atoms with van der Waals surface area (Å²) in [6.45, 7) is 0. The summed E-state index contributed by atoms with van der Waals surface area (Å²) in [5.41, 5.74) is 7.79. The second-order valence-corrected chi connectivity index (χ2v) is 5.07. The number of hydrogen-bond acceptors (Lipinski definition) is 3. The zero-order chi connectivity index (χ0) is 11.7. The minimum Gasteiger partial charge on any atom is -0.481 e. The third-order valence-corrected chi connectivity index (χ3v) is 3.83. The molecule has 16 heavy (non-hydrogen) atoms. The molecule has 2 rings (SSSR count). The molecule has 86 valence electrons. The molecule has 1 saturated carbocycles. The Morgan fingerprint density at radius 1 is 1.62 bits per heavy atom. The summed E-state index contributed by atoms with van der Waals surface area (Å²) in [5, 5.41) is 8.82. The Kier molecular flexibility index (Phi) is 3.10. The maximum absolute atomic E-state index is 10.7. The number of rotatable bonds is 4. The number of carbonyl (C=O) groups is 1. The van der Waals surface area contributed by atoms with Crippen molar-refractivity contribution in [3.8, 4) is 0 Å². The van der Waals surface area contributed by atoms with E-state index < -0.39 is 5.97 Å². The fourth-order valence-corrected chi connectivity index (χ4v) is 2.53. The Bertz CT molecular complexity index is 419. The summed E-state index contributed by atoms with van der Waals surface area (Å²) in [7, 11) is 0. The van der Waals surface area contributed by atoms with Crippen LogP contribution in [0.2, 0.25) is 0 Å². The molecule has 1 fully saturated rings. The van der Waals surface area contributed by atoms with Gasteiger partial charge in [-0.2, -0.15) is 0 Å². The van der Waals surface area contributed by atoms with E-state index >= 15 is 0 Å². The molecule has 3 N–H and O–H groups in total. The summed E-state index contributed by atoms with van der Waals surface area (Å²) < 4.78 is 0. The summed E-state index contributed by atoms with van der Waals surface area (Å²) in [5.74, 6) is -0.475. The molecule has 0 bridgehead atoms. The van der Waals surface area contributed by atoms with Crippen molar-refractivity contribution in [1.82, 2.24) is 0 Å². The van der Waals surface area contributed by atoms with Gasteiger partial charge in [-0.1, -0.05) is 6.07 Å². The van der Waals surface area contributed by atoms with Crippen molar-refractivity contribution < 1.29 is 9.90 Å². The van der Waals surface area contributed by atoms with Crippen molar-refractivity contribution in [2.75, 3.05) is 12.0 Å². The summed E-state index contributed by atoms with van der Waals surface area (Å²) in [6, 6.07) is 5.96. The van der Waals surface area contributed by atoms with Crippen LogP contribution in [0.15, 0.2) is 23.1 Å². The van der Waals surface area contributed by atoms with Gasteiger partial charge in [0.05, 0.1) is 5.92 Å². The van der Waals surface area contributed by atoms with Crippen molar-refractivity contribution in [3.05, 3.63) is 23.8 Å². The minimum atomic E-state index is -0.662. The predicted molar refractivity (Wildman–Crippen MR) is 65.6 cm³/mol. The molecule has 0 heterocycles. The molecule has 3 nitrogen and oxygen atoms in total. The molecule has 0 spiro atoms. The normalized spacial score (nSPS) is 23.1. The van der Waals surface area contributed by atoms with Crippen LogP contribution in [-0.2, 0) is 11.2 Å². The lowest BCUT2D eigenvalue weighted by Gasteiger charge is -2.05. The zero-order valence-electron chi connectivity index (χ0n) is 9.14. The van der Waals surface area contributed by atoms with Gasteiger partial charge in [0.1, 0.15) is 0 Å². The number of anilines is 1. The second-order valence-electron chi connectivity index (χ2n) is 4.22. The average Bonchev–Trinajstić information content (AvgIpc) is 3.00. The zero-order valence-corrected chi connectivity index (χ0v) is 9.96. The van der Waals surface area contributed by atoms with Crippen LogP contribution in [0.4, 0.5) is 5.69 Å². The third kappa shape index (κ3) is 2.32. The molecule has 1 aliphatic rings. The van der Waals surface area contributed by atoms with Gasteiger partial charge in [-0.05, 0) is 42.7 Å². The molecule has 2 atom stereocenters. The van der Waals surface area contributed by atoms with Crippen LogP contribution < -0.4 is 5.73 Å². The van der Waals surface area contributed by atoms with Crippen molar-refractivity contribution >= 4 is 23.4 Å². The van der Waals surface area contributed by atoms with Gasteiger partial charge < -0.3 is 10.8 Å². The van der Waals surface area contributed by atoms with E-state index in [1.165, 1.54) is 5.56 Å². The highest BCUT2D eigenvalue weighted by Crippen LogP contribution is 2.41. The van der Waals surface area contributed by atoms with Crippen molar-refractivity contribution in [2.45, 2.75) is 17.7 Å². The number of hydrogen-bond donors (Lipinski definition) is 2. The van der Waals surface area contributed by atoms with Crippen LogP contribution in [0, 0.1) is 11.8 Å². The third-order valence-electron chi connectivity index (χ3n) is 3.04. The van der Waals surface area contributed by atoms with Crippen molar-refractivity contribution in [2.24, 2.45) is 11.8 Å².